The van der Waals surface area contributed by atoms with E-state index in [2.05, 4.69) is 44.6 Å². The van der Waals surface area contributed by atoms with Crippen LogP contribution in [0, 0.1) is 12.8 Å². The van der Waals surface area contributed by atoms with Crippen LogP contribution in [0.15, 0.2) is 0 Å². The van der Waals surface area contributed by atoms with Gasteiger partial charge in [0.1, 0.15) is 16.8 Å². The fraction of sp³-hybridized carbons (Fsp3) is 0.765. The van der Waals surface area contributed by atoms with Gasteiger partial charge >= 0.3 is 0 Å². The van der Waals surface area contributed by atoms with Crippen molar-refractivity contribution in [2.24, 2.45) is 5.92 Å². The largest absolute Gasteiger partial charge is 0.356 e. The molecular formula is C17H28ClN3. The maximum atomic E-state index is 6.37. The van der Waals surface area contributed by atoms with Crippen LogP contribution in [0.25, 0.3) is 0 Å². The summed E-state index contributed by atoms with van der Waals surface area (Å²) in [5.41, 5.74) is 0.899. The van der Waals surface area contributed by atoms with Crippen LogP contribution in [-0.4, -0.2) is 23.1 Å². The van der Waals surface area contributed by atoms with Crippen molar-refractivity contribution >= 4 is 17.4 Å². The van der Waals surface area contributed by atoms with Gasteiger partial charge in [0.15, 0.2) is 0 Å². The number of anilines is 1. The van der Waals surface area contributed by atoms with Crippen LogP contribution in [0.4, 0.5) is 5.82 Å². The first-order valence-electron chi connectivity index (χ1n) is 7.99. The van der Waals surface area contributed by atoms with Gasteiger partial charge in [0.2, 0.25) is 0 Å². The van der Waals surface area contributed by atoms with Gasteiger partial charge in [-0.2, -0.15) is 0 Å². The highest BCUT2D eigenvalue weighted by molar-refractivity contribution is 6.30. The van der Waals surface area contributed by atoms with E-state index in [1.807, 2.05) is 6.92 Å². The molecule has 0 aliphatic heterocycles. The minimum absolute atomic E-state index is 0.0922. The minimum atomic E-state index is -0.0922. The maximum absolute atomic E-state index is 6.37. The number of hydrogen-bond acceptors (Lipinski definition) is 3. The van der Waals surface area contributed by atoms with Gasteiger partial charge in [-0.1, -0.05) is 52.1 Å². The van der Waals surface area contributed by atoms with Crippen molar-refractivity contribution in [1.82, 2.24) is 9.97 Å². The number of nitrogens with zero attached hydrogens (tertiary/aromatic N) is 3. The maximum Gasteiger partial charge on any atom is 0.137 e. The molecule has 21 heavy (non-hydrogen) atoms. The molecule has 0 bridgehead atoms. The van der Waals surface area contributed by atoms with Crippen molar-refractivity contribution in [3.8, 4) is 0 Å². The third-order valence-electron chi connectivity index (χ3n) is 4.63. The van der Waals surface area contributed by atoms with Crippen LogP contribution in [0.3, 0.4) is 0 Å². The molecule has 1 fully saturated rings. The van der Waals surface area contributed by atoms with Gasteiger partial charge in [-0.15, -0.1) is 0 Å². The second kappa shape index (κ2) is 6.12. The average molecular weight is 310 g/mol. The second-order valence-electron chi connectivity index (χ2n) is 7.48. The standard InChI is InChI=1S/C17H28ClN3/c1-11-9-7-8-10-13(11)21(6)15-12(2)14(18)19-16(20-15)17(3,4)5/h11,13H,7-10H2,1-6H3. The normalized spacial score (nSPS) is 23.2. The lowest BCUT2D eigenvalue weighted by Gasteiger charge is -2.38. The summed E-state index contributed by atoms with van der Waals surface area (Å²) in [4.78, 5) is 11.7. The molecule has 4 heteroatoms. The van der Waals surface area contributed by atoms with E-state index in [4.69, 9.17) is 16.6 Å². The summed E-state index contributed by atoms with van der Waals surface area (Å²) >= 11 is 6.37. The summed E-state index contributed by atoms with van der Waals surface area (Å²) in [6, 6.07) is 0.552. The summed E-state index contributed by atoms with van der Waals surface area (Å²) < 4.78 is 0. The van der Waals surface area contributed by atoms with E-state index >= 15 is 0 Å². The van der Waals surface area contributed by atoms with Gasteiger partial charge in [0, 0.05) is 24.1 Å². The van der Waals surface area contributed by atoms with E-state index < -0.39 is 0 Å². The predicted molar refractivity (Wildman–Crippen MR) is 90.3 cm³/mol. The van der Waals surface area contributed by atoms with Gasteiger partial charge in [0.05, 0.1) is 0 Å². The van der Waals surface area contributed by atoms with Crippen LogP contribution >= 0.6 is 11.6 Å². The Balaban J connectivity index is 2.40. The lowest BCUT2D eigenvalue weighted by atomic mass is 9.85. The number of rotatable bonds is 2. The van der Waals surface area contributed by atoms with Crippen molar-refractivity contribution in [3.05, 3.63) is 16.5 Å². The summed E-state index contributed by atoms with van der Waals surface area (Å²) in [5.74, 6) is 2.53. The van der Waals surface area contributed by atoms with Crippen molar-refractivity contribution < 1.29 is 0 Å². The molecule has 0 saturated heterocycles. The fourth-order valence-electron chi connectivity index (χ4n) is 3.19. The van der Waals surface area contributed by atoms with E-state index in [9.17, 15) is 0 Å². The first-order valence-corrected chi connectivity index (χ1v) is 8.37. The first kappa shape index (κ1) is 16.5. The molecule has 0 aromatic carbocycles. The van der Waals surface area contributed by atoms with E-state index in [0.29, 0.717) is 17.1 Å². The molecule has 2 unspecified atom stereocenters. The predicted octanol–water partition coefficient (Wildman–Crippen LogP) is 4.75. The molecule has 1 heterocycles. The van der Waals surface area contributed by atoms with E-state index in [1.54, 1.807) is 0 Å². The van der Waals surface area contributed by atoms with Crippen molar-refractivity contribution in [3.63, 3.8) is 0 Å². The van der Waals surface area contributed by atoms with Gasteiger partial charge < -0.3 is 4.90 Å². The fourth-order valence-corrected chi connectivity index (χ4v) is 3.35. The molecular weight excluding hydrogens is 282 g/mol. The molecule has 1 saturated carbocycles. The summed E-state index contributed by atoms with van der Waals surface area (Å²) in [6.45, 7) is 10.8. The van der Waals surface area contributed by atoms with Gasteiger partial charge in [-0.25, -0.2) is 9.97 Å². The Hall–Kier alpha value is -0.830. The van der Waals surface area contributed by atoms with E-state index in [-0.39, 0.29) is 5.41 Å². The molecule has 0 spiro atoms. The van der Waals surface area contributed by atoms with Crippen molar-refractivity contribution in [2.45, 2.75) is 71.8 Å². The summed E-state index contributed by atoms with van der Waals surface area (Å²) in [5, 5.41) is 0.584. The molecule has 0 radical (unpaired) electrons. The molecule has 1 aromatic heterocycles. The zero-order chi connectivity index (χ0) is 15.8. The highest BCUT2D eigenvalue weighted by Crippen LogP contribution is 2.33. The Labute approximate surface area is 134 Å². The number of aromatic nitrogens is 2. The first-order chi connectivity index (χ1) is 9.71. The lowest BCUT2D eigenvalue weighted by molar-refractivity contribution is 0.320. The Morgan fingerprint density at radius 1 is 1.14 bits per heavy atom. The van der Waals surface area contributed by atoms with Gasteiger partial charge in [-0.05, 0) is 25.7 Å². The lowest BCUT2D eigenvalue weighted by Crippen LogP contribution is -2.40. The van der Waals surface area contributed by atoms with Gasteiger partial charge in [0.25, 0.3) is 0 Å². The van der Waals surface area contributed by atoms with Crippen LogP contribution in [0.5, 0.6) is 0 Å². The molecule has 2 rings (SSSR count). The van der Waals surface area contributed by atoms with Crippen molar-refractivity contribution in [2.75, 3.05) is 11.9 Å². The van der Waals surface area contributed by atoms with Crippen LogP contribution in [0.2, 0.25) is 5.15 Å². The third kappa shape index (κ3) is 3.50. The molecule has 1 aliphatic carbocycles. The highest BCUT2D eigenvalue weighted by atomic mass is 35.5. The number of hydrogen-bond donors (Lipinski definition) is 0. The smallest absolute Gasteiger partial charge is 0.137 e. The van der Waals surface area contributed by atoms with Gasteiger partial charge in [-0.3, -0.25) is 0 Å². The molecule has 0 amide bonds. The summed E-state index contributed by atoms with van der Waals surface area (Å²) in [6.07, 6.45) is 5.20. The second-order valence-corrected chi connectivity index (χ2v) is 7.83. The van der Waals surface area contributed by atoms with Crippen LogP contribution in [-0.2, 0) is 5.41 Å². The number of halogens is 1. The minimum Gasteiger partial charge on any atom is -0.356 e. The Morgan fingerprint density at radius 3 is 2.33 bits per heavy atom. The Kier molecular flexibility index (Phi) is 4.82. The SMILES string of the molecule is Cc1c(Cl)nc(C(C)(C)C)nc1N(C)C1CCCCC1C. The van der Waals surface area contributed by atoms with Crippen LogP contribution in [0.1, 0.15) is 64.8 Å². The topological polar surface area (TPSA) is 29.0 Å². The monoisotopic (exact) mass is 309 g/mol. The summed E-state index contributed by atoms with van der Waals surface area (Å²) in [7, 11) is 2.16. The highest BCUT2D eigenvalue weighted by Gasteiger charge is 2.29. The molecule has 1 aromatic rings. The third-order valence-corrected chi connectivity index (χ3v) is 5.00. The quantitative estimate of drug-likeness (QED) is 0.738. The zero-order valence-electron chi connectivity index (χ0n) is 14.2. The Bertz CT molecular complexity index is 507. The van der Waals surface area contributed by atoms with E-state index in [1.165, 1.54) is 25.7 Å². The van der Waals surface area contributed by atoms with E-state index in [0.717, 1.165) is 17.2 Å². The zero-order valence-corrected chi connectivity index (χ0v) is 15.0. The molecule has 3 nitrogen and oxygen atoms in total. The molecule has 1 aliphatic rings. The average Bonchev–Trinajstić information content (AvgIpc) is 2.40. The Morgan fingerprint density at radius 2 is 1.76 bits per heavy atom. The molecule has 2 atom stereocenters. The van der Waals surface area contributed by atoms with Crippen molar-refractivity contribution in [1.29, 1.82) is 0 Å². The van der Waals surface area contributed by atoms with Crippen LogP contribution < -0.4 is 4.90 Å². The molecule has 0 N–H and O–H groups in total. The molecule has 118 valence electrons.